The fourth-order valence-corrected chi connectivity index (χ4v) is 3.16. The number of piperazine rings is 1. The van der Waals surface area contributed by atoms with Crippen molar-refractivity contribution in [3.63, 3.8) is 0 Å². The van der Waals surface area contributed by atoms with Crippen LogP contribution >= 0.6 is 0 Å². The highest BCUT2D eigenvalue weighted by molar-refractivity contribution is 5.10. The zero-order valence-electron chi connectivity index (χ0n) is 10.4. The Morgan fingerprint density at radius 1 is 1.44 bits per heavy atom. The number of hydrogen-bond acceptors (Lipinski definition) is 3. The predicted molar refractivity (Wildman–Crippen MR) is 64.0 cm³/mol. The Hall–Kier alpha value is -1.07. The summed E-state index contributed by atoms with van der Waals surface area (Å²) in [5.74, 6) is -1.16. The van der Waals surface area contributed by atoms with Gasteiger partial charge in [0.05, 0.1) is 11.9 Å². The van der Waals surface area contributed by atoms with E-state index in [4.69, 9.17) is 0 Å². The number of hydrogen-bond donors (Lipinski definition) is 1. The summed E-state index contributed by atoms with van der Waals surface area (Å²) in [6.45, 7) is 3.58. The summed E-state index contributed by atoms with van der Waals surface area (Å²) in [4.78, 5) is 6.19. The lowest BCUT2D eigenvalue weighted by Gasteiger charge is -2.39. The molecule has 0 aliphatic carbocycles. The van der Waals surface area contributed by atoms with Gasteiger partial charge in [-0.05, 0) is 19.8 Å². The van der Waals surface area contributed by atoms with Gasteiger partial charge in [0.25, 0.3) is 0 Å². The highest BCUT2D eigenvalue weighted by atomic mass is 19.1. The Morgan fingerprint density at radius 3 is 3.06 bits per heavy atom. The number of nitrogens with zero attached hydrogens (tertiary/aromatic N) is 2. The quantitative estimate of drug-likeness (QED) is 0.869. The maximum Gasteiger partial charge on any atom is 0.148 e. The van der Waals surface area contributed by atoms with Crippen LogP contribution < -0.4 is 5.32 Å². The van der Waals surface area contributed by atoms with E-state index in [0.29, 0.717) is 30.4 Å². The number of pyridine rings is 1. The number of rotatable bonds is 2. The molecule has 18 heavy (non-hydrogen) atoms. The van der Waals surface area contributed by atoms with Crippen molar-refractivity contribution in [1.82, 2.24) is 15.2 Å². The number of aromatic nitrogens is 1. The van der Waals surface area contributed by atoms with Crippen LogP contribution in [-0.2, 0) is 6.54 Å². The Balaban J connectivity index is 1.80. The number of nitrogens with one attached hydrogen (secondary N) is 1. The van der Waals surface area contributed by atoms with E-state index in [1.807, 2.05) is 0 Å². The summed E-state index contributed by atoms with van der Waals surface area (Å²) < 4.78 is 26.5. The van der Waals surface area contributed by atoms with E-state index in [1.165, 1.54) is 0 Å². The number of fused-ring (bicyclic) bond motifs is 2. The van der Waals surface area contributed by atoms with E-state index in [1.54, 1.807) is 0 Å². The van der Waals surface area contributed by atoms with Gasteiger partial charge in [-0.1, -0.05) is 0 Å². The fraction of sp³-hybridized carbons (Fsp3) is 0.615. The Bertz CT molecular complexity index is 452. The first kappa shape index (κ1) is 12.0. The van der Waals surface area contributed by atoms with Gasteiger partial charge in [0.1, 0.15) is 11.6 Å². The molecule has 98 valence electrons. The van der Waals surface area contributed by atoms with Crippen LogP contribution in [0.5, 0.6) is 0 Å². The summed E-state index contributed by atoms with van der Waals surface area (Å²) in [6, 6.07) is 2.23. The van der Waals surface area contributed by atoms with Crippen LogP contribution in [0.3, 0.4) is 0 Å². The van der Waals surface area contributed by atoms with Crippen LogP contribution in [0.15, 0.2) is 12.3 Å². The van der Waals surface area contributed by atoms with Crippen LogP contribution in [-0.4, -0.2) is 34.6 Å². The van der Waals surface area contributed by atoms with E-state index in [2.05, 4.69) is 22.1 Å². The average molecular weight is 253 g/mol. The normalized spacial score (nSPS) is 31.8. The number of halogens is 2. The zero-order chi connectivity index (χ0) is 12.7. The summed E-state index contributed by atoms with van der Waals surface area (Å²) in [5, 5.41) is 3.47. The Labute approximate surface area is 105 Å². The van der Waals surface area contributed by atoms with Crippen molar-refractivity contribution in [3.05, 3.63) is 29.6 Å². The topological polar surface area (TPSA) is 28.2 Å². The SMILES string of the molecule is C[C@@H]1NC[C@H]2CC[C@@H]1N2Cc1ncc(F)cc1F. The molecule has 2 bridgehead atoms. The van der Waals surface area contributed by atoms with Crippen LogP contribution in [0.1, 0.15) is 25.5 Å². The molecule has 0 spiro atoms. The molecule has 2 fully saturated rings. The van der Waals surface area contributed by atoms with Gasteiger partial charge in [0.2, 0.25) is 0 Å². The standard InChI is InChI=1S/C13H17F2N3/c1-8-13-3-2-10(6-16-8)18(13)7-12-11(15)4-9(14)5-17-12/h4-5,8,10,13,16H,2-3,6-7H2,1H3/t8-,10+,13-/m0/s1. The Morgan fingerprint density at radius 2 is 2.28 bits per heavy atom. The van der Waals surface area contributed by atoms with Gasteiger partial charge in [-0.25, -0.2) is 8.78 Å². The molecule has 3 atom stereocenters. The molecule has 0 amide bonds. The first-order chi connectivity index (χ1) is 8.65. The van der Waals surface area contributed by atoms with Crippen molar-refractivity contribution in [2.24, 2.45) is 0 Å². The maximum atomic E-state index is 13.6. The molecule has 1 aromatic rings. The van der Waals surface area contributed by atoms with Gasteiger partial charge in [-0.3, -0.25) is 9.88 Å². The zero-order valence-corrected chi connectivity index (χ0v) is 10.4. The van der Waals surface area contributed by atoms with Gasteiger partial charge in [-0.15, -0.1) is 0 Å². The molecule has 3 heterocycles. The largest absolute Gasteiger partial charge is 0.311 e. The summed E-state index contributed by atoms with van der Waals surface area (Å²) in [6.07, 6.45) is 3.37. The first-order valence-electron chi connectivity index (χ1n) is 6.44. The minimum absolute atomic E-state index is 0.349. The van der Waals surface area contributed by atoms with Crippen molar-refractivity contribution in [1.29, 1.82) is 0 Å². The average Bonchev–Trinajstić information content (AvgIpc) is 2.62. The van der Waals surface area contributed by atoms with Crippen LogP contribution in [0.2, 0.25) is 0 Å². The Kier molecular flexibility index (Phi) is 3.03. The highest BCUT2D eigenvalue weighted by Gasteiger charge is 2.40. The maximum absolute atomic E-state index is 13.6. The van der Waals surface area contributed by atoms with Crippen molar-refractivity contribution in [2.75, 3.05) is 6.54 Å². The van der Waals surface area contributed by atoms with E-state index in [-0.39, 0.29) is 0 Å². The molecule has 2 aliphatic heterocycles. The second kappa shape index (κ2) is 4.55. The summed E-state index contributed by atoms with van der Waals surface area (Å²) in [5.41, 5.74) is 0.349. The van der Waals surface area contributed by atoms with Crippen molar-refractivity contribution >= 4 is 0 Å². The highest BCUT2D eigenvalue weighted by Crippen LogP contribution is 2.31. The molecule has 5 heteroatoms. The molecule has 3 nitrogen and oxygen atoms in total. The third-order valence-electron chi connectivity index (χ3n) is 4.16. The van der Waals surface area contributed by atoms with Crippen molar-refractivity contribution < 1.29 is 8.78 Å². The van der Waals surface area contributed by atoms with E-state index in [0.717, 1.165) is 31.6 Å². The third-order valence-corrected chi connectivity index (χ3v) is 4.16. The lowest BCUT2D eigenvalue weighted by atomic mass is 10.1. The van der Waals surface area contributed by atoms with Crippen molar-refractivity contribution in [2.45, 2.75) is 44.4 Å². The van der Waals surface area contributed by atoms with Crippen LogP contribution in [0.25, 0.3) is 0 Å². The molecular formula is C13H17F2N3. The molecule has 0 saturated carbocycles. The predicted octanol–water partition coefficient (Wildman–Crippen LogP) is 1.68. The van der Waals surface area contributed by atoms with Gasteiger partial charge >= 0.3 is 0 Å². The van der Waals surface area contributed by atoms with E-state index in [9.17, 15) is 8.78 Å². The molecule has 2 aliphatic rings. The first-order valence-corrected chi connectivity index (χ1v) is 6.44. The van der Waals surface area contributed by atoms with Gasteiger partial charge in [-0.2, -0.15) is 0 Å². The van der Waals surface area contributed by atoms with Gasteiger partial charge in [0.15, 0.2) is 0 Å². The second-order valence-electron chi connectivity index (χ2n) is 5.25. The van der Waals surface area contributed by atoms with Gasteiger partial charge < -0.3 is 5.32 Å². The molecule has 0 unspecified atom stereocenters. The molecule has 3 rings (SSSR count). The molecule has 1 aromatic heterocycles. The molecular weight excluding hydrogens is 236 g/mol. The third kappa shape index (κ3) is 2.01. The van der Waals surface area contributed by atoms with Crippen LogP contribution in [0.4, 0.5) is 8.78 Å². The van der Waals surface area contributed by atoms with E-state index < -0.39 is 11.6 Å². The molecule has 0 radical (unpaired) electrons. The molecule has 1 N–H and O–H groups in total. The minimum Gasteiger partial charge on any atom is -0.311 e. The molecule has 2 saturated heterocycles. The van der Waals surface area contributed by atoms with Crippen LogP contribution in [0, 0.1) is 11.6 Å². The smallest absolute Gasteiger partial charge is 0.148 e. The van der Waals surface area contributed by atoms with Gasteiger partial charge in [0, 0.05) is 37.3 Å². The molecule has 0 aromatic carbocycles. The fourth-order valence-electron chi connectivity index (χ4n) is 3.16. The van der Waals surface area contributed by atoms with E-state index >= 15 is 0 Å². The lowest BCUT2D eigenvalue weighted by Crippen LogP contribution is -2.56. The minimum atomic E-state index is -0.618. The monoisotopic (exact) mass is 253 g/mol. The lowest BCUT2D eigenvalue weighted by molar-refractivity contribution is 0.111. The van der Waals surface area contributed by atoms with Crippen molar-refractivity contribution in [3.8, 4) is 0 Å². The summed E-state index contributed by atoms with van der Waals surface area (Å²) in [7, 11) is 0. The summed E-state index contributed by atoms with van der Waals surface area (Å²) >= 11 is 0. The second-order valence-corrected chi connectivity index (χ2v) is 5.25.